The van der Waals surface area contributed by atoms with E-state index in [1.807, 2.05) is 0 Å². The van der Waals surface area contributed by atoms with Crippen molar-refractivity contribution in [3.63, 3.8) is 0 Å². The first kappa shape index (κ1) is 15.3. The van der Waals surface area contributed by atoms with Crippen LogP contribution in [0.15, 0.2) is 28.9 Å². The second kappa shape index (κ2) is 6.13. The van der Waals surface area contributed by atoms with Crippen LogP contribution in [0.3, 0.4) is 0 Å². The SMILES string of the molecule is O=[N+]([O-])c1cc(Cl)c(Oc2ncc(Br)cc2Cl)c(Cl)c1. The van der Waals surface area contributed by atoms with E-state index in [9.17, 15) is 10.1 Å². The molecule has 1 heterocycles. The molecule has 0 spiro atoms. The Kier molecular flexibility index (Phi) is 4.70. The fourth-order valence-corrected chi connectivity index (χ4v) is 2.54. The number of aromatic nitrogens is 1. The standard InChI is InChI=1S/C11H4BrCl3N2O3/c12-5-1-9(15)11(16-4-5)20-10-7(13)2-6(17(18)19)3-8(10)14/h1-4H. The minimum Gasteiger partial charge on any atom is -0.434 e. The Balaban J connectivity index is 2.41. The van der Waals surface area contributed by atoms with E-state index in [1.54, 1.807) is 6.07 Å². The summed E-state index contributed by atoms with van der Waals surface area (Å²) in [5.41, 5.74) is -0.234. The Bertz CT molecular complexity index is 674. The second-order valence-corrected chi connectivity index (χ2v) is 5.68. The van der Waals surface area contributed by atoms with Crippen molar-refractivity contribution in [1.29, 1.82) is 0 Å². The molecule has 1 aromatic carbocycles. The lowest BCUT2D eigenvalue weighted by molar-refractivity contribution is -0.384. The number of benzene rings is 1. The first-order chi connectivity index (χ1) is 9.38. The quantitative estimate of drug-likeness (QED) is 0.505. The van der Waals surface area contributed by atoms with Gasteiger partial charge in [-0.05, 0) is 22.0 Å². The van der Waals surface area contributed by atoms with E-state index in [1.165, 1.54) is 6.20 Å². The summed E-state index contributed by atoms with van der Waals surface area (Å²) in [7, 11) is 0. The molecule has 9 heteroatoms. The van der Waals surface area contributed by atoms with Crippen LogP contribution in [0.5, 0.6) is 11.6 Å². The van der Waals surface area contributed by atoms with Crippen molar-refractivity contribution in [2.75, 3.05) is 0 Å². The molecule has 0 atom stereocenters. The number of nitro groups is 1. The molecule has 0 fully saturated rings. The van der Waals surface area contributed by atoms with E-state index in [2.05, 4.69) is 20.9 Å². The number of rotatable bonds is 3. The van der Waals surface area contributed by atoms with Crippen LogP contribution >= 0.6 is 50.7 Å². The summed E-state index contributed by atoms with van der Waals surface area (Å²) in [6.07, 6.45) is 1.48. The third-order valence-electron chi connectivity index (χ3n) is 2.17. The van der Waals surface area contributed by atoms with E-state index in [0.717, 1.165) is 12.1 Å². The molecule has 1 aromatic heterocycles. The Morgan fingerprint density at radius 2 is 1.75 bits per heavy atom. The monoisotopic (exact) mass is 396 g/mol. The van der Waals surface area contributed by atoms with Gasteiger partial charge in [0.1, 0.15) is 5.02 Å². The van der Waals surface area contributed by atoms with Crippen molar-refractivity contribution in [1.82, 2.24) is 4.98 Å². The number of nitro benzene ring substituents is 1. The normalized spacial score (nSPS) is 10.4. The molecular formula is C11H4BrCl3N2O3. The molecule has 0 unspecified atom stereocenters. The van der Waals surface area contributed by atoms with E-state index in [0.29, 0.717) is 4.47 Å². The van der Waals surface area contributed by atoms with Crippen molar-refractivity contribution >= 4 is 56.4 Å². The molecule has 2 aromatic rings. The topological polar surface area (TPSA) is 65.3 Å². The van der Waals surface area contributed by atoms with Gasteiger partial charge in [-0.2, -0.15) is 0 Å². The number of halogens is 4. The summed E-state index contributed by atoms with van der Waals surface area (Å²) in [4.78, 5) is 14.0. The van der Waals surface area contributed by atoms with Crippen LogP contribution in [0.25, 0.3) is 0 Å². The van der Waals surface area contributed by atoms with Crippen molar-refractivity contribution < 1.29 is 9.66 Å². The highest BCUT2D eigenvalue weighted by atomic mass is 79.9. The summed E-state index contributed by atoms with van der Waals surface area (Å²) in [6, 6.07) is 3.85. The zero-order valence-corrected chi connectivity index (χ0v) is 13.3. The summed E-state index contributed by atoms with van der Waals surface area (Å²) in [5.74, 6) is 0.142. The molecule has 0 aliphatic rings. The fraction of sp³-hybridized carbons (Fsp3) is 0. The lowest BCUT2D eigenvalue weighted by Crippen LogP contribution is -1.93. The molecule has 0 N–H and O–H groups in total. The summed E-state index contributed by atoms with van der Waals surface area (Å²) < 4.78 is 6.09. The highest BCUT2D eigenvalue weighted by Gasteiger charge is 2.17. The van der Waals surface area contributed by atoms with Crippen molar-refractivity contribution in [2.45, 2.75) is 0 Å². The first-order valence-electron chi connectivity index (χ1n) is 5.01. The summed E-state index contributed by atoms with van der Waals surface area (Å²) in [6.45, 7) is 0. The average Bonchev–Trinajstić information content (AvgIpc) is 2.35. The molecule has 2 rings (SSSR count). The molecule has 20 heavy (non-hydrogen) atoms. The van der Waals surface area contributed by atoms with Crippen LogP contribution in [0, 0.1) is 10.1 Å². The predicted molar refractivity (Wildman–Crippen MR) is 80.1 cm³/mol. The number of hydrogen-bond donors (Lipinski definition) is 0. The third kappa shape index (κ3) is 3.32. The van der Waals surface area contributed by atoms with Gasteiger partial charge in [-0.15, -0.1) is 0 Å². The van der Waals surface area contributed by atoms with Gasteiger partial charge in [0.25, 0.3) is 5.69 Å². The van der Waals surface area contributed by atoms with E-state index >= 15 is 0 Å². The van der Waals surface area contributed by atoms with Gasteiger partial charge in [-0.25, -0.2) is 4.98 Å². The highest BCUT2D eigenvalue weighted by molar-refractivity contribution is 9.10. The number of non-ortho nitro benzene ring substituents is 1. The third-order valence-corrected chi connectivity index (χ3v) is 3.43. The van der Waals surface area contributed by atoms with Gasteiger partial charge in [-0.3, -0.25) is 10.1 Å². The number of ether oxygens (including phenoxy) is 1. The largest absolute Gasteiger partial charge is 0.434 e. The Labute approximate surface area is 136 Å². The minimum atomic E-state index is -0.605. The maximum absolute atomic E-state index is 10.7. The van der Waals surface area contributed by atoms with Gasteiger partial charge >= 0.3 is 0 Å². The van der Waals surface area contributed by atoms with Crippen LogP contribution in [0.1, 0.15) is 0 Å². The van der Waals surface area contributed by atoms with E-state index in [-0.39, 0.29) is 32.4 Å². The van der Waals surface area contributed by atoms with Crippen molar-refractivity contribution in [3.05, 3.63) is 54.1 Å². The molecule has 5 nitrogen and oxygen atoms in total. The van der Waals surface area contributed by atoms with Gasteiger partial charge < -0.3 is 4.74 Å². The molecule has 104 valence electrons. The fourth-order valence-electron chi connectivity index (χ4n) is 1.32. The predicted octanol–water partition coefficient (Wildman–Crippen LogP) is 5.50. The lowest BCUT2D eigenvalue weighted by atomic mass is 10.3. The molecule has 0 saturated carbocycles. The Hall–Kier alpha value is -1.08. The molecule has 0 amide bonds. The highest BCUT2D eigenvalue weighted by Crippen LogP contribution is 2.40. The molecule has 0 aliphatic carbocycles. The van der Waals surface area contributed by atoms with Gasteiger partial charge in [-0.1, -0.05) is 34.8 Å². The minimum absolute atomic E-state index is 0.00927. The van der Waals surface area contributed by atoms with Gasteiger partial charge in [0, 0.05) is 22.8 Å². The number of nitrogens with zero attached hydrogens (tertiary/aromatic N) is 2. The van der Waals surface area contributed by atoms with Gasteiger partial charge in [0.15, 0.2) is 5.75 Å². The maximum Gasteiger partial charge on any atom is 0.272 e. The summed E-state index contributed by atoms with van der Waals surface area (Å²) in [5, 5.41) is 10.9. The summed E-state index contributed by atoms with van der Waals surface area (Å²) >= 11 is 21.0. The first-order valence-corrected chi connectivity index (χ1v) is 6.93. The van der Waals surface area contributed by atoms with E-state index in [4.69, 9.17) is 39.5 Å². The molecule has 0 aliphatic heterocycles. The van der Waals surface area contributed by atoms with Crippen molar-refractivity contribution in [2.24, 2.45) is 0 Å². The van der Waals surface area contributed by atoms with Crippen LogP contribution in [-0.4, -0.2) is 9.91 Å². The molecule has 0 radical (unpaired) electrons. The maximum atomic E-state index is 10.7. The van der Waals surface area contributed by atoms with Crippen molar-refractivity contribution in [3.8, 4) is 11.6 Å². The van der Waals surface area contributed by atoms with Gasteiger partial charge in [0.05, 0.1) is 15.0 Å². The molecule has 0 bridgehead atoms. The van der Waals surface area contributed by atoms with Crippen LogP contribution < -0.4 is 4.74 Å². The van der Waals surface area contributed by atoms with Gasteiger partial charge in [0.2, 0.25) is 5.88 Å². The number of pyridine rings is 1. The van der Waals surface area contributed by atoms with Crippen LogP contribution in [0.2, 0.25) is 15.1 Å². The lowest BCUT2D eigenvalue weighted by Gasteiger charge is -2.09. The smallest absolute Gasteiger partial charge is 0.272 e. The number of hydrogen-bond acceptors (Lipinski definition) is 4. The average molecular weight is 398 g/mol. The second-order valence-electron chi connectivity index (χ2n) is 3.54. The Morgan fingerprint density at radius 1 is 1.15 bits per heavy atom. The van der Waals surface area contributed by atoms with Crippen LogP contribution in [-0.2, 0) is 0 Å². The molecular weight excluding hydrogens is 394 g/mol. The zero-order valence-electron chi connectivity index (χ0n) is 9.44. The Morgan fingerprint density at radius 3 is 2.25 bits per heavy atom. The van der Waals surface area contributed by atoms with E-state index < -0.39 is 4.92 Å². The molecule has 0 saturated heterocycles. The van der Waals surface area contributed by atoms with Crippen LogP contribution in [0.4, 0.5) is 5.69 Å². The zero-order chi connectivity index (χ0) is 14.9.